The number of anilines is 1. The molecule has 1 amide bonds. The molecule has 5 nitrogen and oxygen atoms in total. The lowest BCUT2D eigenvalue weighted by Gasteiger charge is -2.09. The molecule has 2 aromatic rings. The second-order valence-corrected chi connectivity index (χ2v) is 6.97. The molecule has 2 heterocycles. The van der Waals surface area contributed by atoms with Gasteiger partial charge >= 0.3 is 0 Å². The maximum Gasteiger partial charge on any atom is 0.239 e. The Hall–Kier alpha value is -1.47. The van der Waals surface area contributed by atoms with Crippen molar-refractivity contribution < 1.29 is 4.79 Å². The third-order valence-corrected chi connectivity index (χ3v) is 4.72. The first kappa shape index (κ1) is 14.9. The van der Waals surface area contributed by atoms with E-state index in [4.69, 9.17) is 0 Å². The van der Waals surface area contributed by atoms with Crippen LogP contribution in [0.3, 0.4) is 0 Å². The molecule has 1 N–H and O–H groups in total. The van der Waals surface area contributed by atoms with Gasteiger partial charge in [0.25, 0.3) is 0 Å². The molecular weight excluding hydrogens is 292 g/mol. The molecule has 0 fully saturated rings. The maximum atomic E-state index is 12.1. The first-order valence-corrected chi connectivity index (χ1v) is 7.85. The summed E-state index contributed by atoms with van der Waals surface area (Å²) in [5, 5.41) is 4.05. The lowest BCUT2D eigenvalue weighted by molar-refractivity contribution is -0.115. The van der Waals surface area contributed by atoms with Gasteiger partial charge in [-0.15, -0.1) is 11.3 Å². The summed E-state index contributed by atoms with van der Waals surface area (Å²) in [5.74, 6) is -0.0694. The molecule has 0 aliphatic heterocycles. The Bertz CT molecular complexity index is 607. The first-order chi connectivity index (χ1) is 9.45. The molecule has 7 heteroatoms. The molecule has 106 valence electrons. The zero-order valence-electron chi connectivity index (χ0n) is 11.8. The quantitative estimate of drug-likeness (QED) is 0.694. The summed E-state index contributed by atoms with van der Waals surface area (Å²) in [6.07, 6.45) is 1.51. The summed E-state index contributed by atoms with van der Waals surface area (Å²) < 4.78 is 0. The molecule has 0 aromatic carbocycles. The van der Waals surface area contributed by atoms with Crippen LogP contribution in [0.25, 0.3) is 0 Å². The van der Waals surface area contributed by atoms with Gasteiger partial charge in [-0.3, -0.25) is 4.79 Å². The highest BCUT2D eigenvalue weighted by Gasteiger charge is 2.17. The number of nitrogens with one attached hydrogen (secondary N) is 1. The molecule has 0 aliphatic carbocycles. The van der Waals surface area contributed by atoms with Crippen molar-refractivity contribution in [2.24, 2.45) is 0 Å². The maximum absolute atomic E-state index is 12.1. The molecule has 0 saturated carbocycles. The Morgan fingerprint density at radius 3 is 2.70 bits per heavy atom. The number of hydrogen-bond donors (Lipinski definition) is 1. The van der Waals surface area contributed by atoms with Crippen molar-refractivity contribution in [1.82, 2.24) is 15.0 Å². The van der Waals surface area contributed by atoms with Crippen LogP contribution in [0.15, 0.2) is 17.4 Å². The zero-order valence-corrected chi connectivity index (χ0v) is 13.4. The highest BCUT2D eigenvalue weighted by Crippen LogP contribution is 2.25. The van der Waals surface area contributed by atoms with Crippen molar-refractivity contribution in [3.8, 4) is 0 Å². The van der Waals surface area contributed by atoms with E-state index < -0.39 is 0 Å². The van der Waals surface area contributed by atoms with E-state index in [2.05, 4.69) is 20.3 Å². The van der Waals surface area contributed by atoms with E-state index in [0.29, 0.717) is 5.13 Å². The topological polar surface area (TPSA) is 67.8 Å². The number of rotatable bonds is 4. The van der Waals surface area contributed by atoms with Crippen LogP contribution >= 0.6 is 23.1 Å². The number of hydrogen-bond acceptors (Lipinski definition) is 6. The Labute approximate surface area is 126 Å². The van der Waals surface area contributed by atoms with Gasteiger partial charge in [-0.25, -0.2) is 15.0 Å². The SMILES string of the molecule is Cc1cc(S[C@@H](C)C(=O)Nc2nc(C)c(C)s2)ncn1. The minimum Gasteiger partial charge on any atom is -0.301 e. The summed E-state index contributed by atoms with van der Waals surface area (Å²) >= 11 is 2.90. The Morgan fingerprint density at radius 1 is 1.35 bits per heavy atom. The van der Waals surface area contributed by atoms with Crippen LogP contribution in [0.5, 0.6) is 0 Å². The van der Waals surface area contributed by atoms with Crippen LogP contribution in [0.2, 0.25) is 0 Å². The molecule has 2 rings (SSSR count). The lowest BCUT2D eigenvalue weighted by Crippen LogP contribution is -2.22. The standard InChI is InChI=1S/C13H16N4OS2/c1-7-5-11(15-6-14-7)19-10(4)12(18)17-13-16-8(2)9(3)20-13/h5-6,10H,1-4H3,(H,16,17,18)/t10-/m0/s1. The highest BCUT2D eigenvalue weighted by atomic mass is 32.2. The minimum absolute atomic E-state index is 0.0694. The van der Waals surface area contributed by atoms with Gasteiger partial charge in [-0.05, 0) is 33.8 Å². The van der Waals surface area contributed by atoms with Crippen molar-refractivity contribution in [3.05, 3.63) is 28.7 Å². The number of nitrogens with zero attached hydrogens (tertiary/aromatic N) is 3. The second-order valence-electron chi connectivity index (χ2n) is 4.41. The van der Waals surface area contributed by atoms with Crippen LogP contribution in [0, 0.1) is 20.8 Å². The van der Waals surface area contributed by atoms with Gasteiger partial charge in [0.05, 0.1) is 10.9 Å². The van der Waals surface area contributed by atoms with Crippen LogP contribution in [0.1, 0.15) is 23.2 Å². The molecule has 20 heavy (non-hydrogen) atoms. The largest absolute Gasteiger partial charge is 0.301 e. The van der Waals surface area contributed by atoms with E-state index in [1.54, 1.807) is 0 Å². The smallest absolute Gasteiger partial charge is 0.239 e. The Kier molecular flexibility index (Phi) is 4.72. The number of carbonyl (C=O) groups is 1. The number of aromatic nitrogens is 3. The second kappa shape index (κ2) is 6.32. The lowest BCUT2D eigenvalue weighted by atomic mass is 10.4. The van der Waals surface area contributed by atoms with Gasteiger partial charge in [0, 0.05) is 10.6 Å². The van der Waals surface area contributed by atoms with E-state index >= 15 is 0 Å². The van der Waals surface area contributed by atoms with E-state index in [9.17, 15) is 4.79 Å². The molecule has 0 radical (unpaired) electrons. The predicted molar refractivity (Wildman–Crippen MR) is 82.3 cm³/mol. The van der Waals surface area contributed by atoms with E-state index in [0.717, 1.165) is 21.3 Å². The van der Waals surface area contributed by atoms with Crippen molar-refractivity contribution >= 4 is 34.1 Å². The monoisotopic (exact) mass is 308 g/mol. The van der Waals surface area contributed by atoms with Gasteiger partial charge in [-0.1, -0.05) is 11.8 Å². The van der Waals surface area contributed by atoms with Crippen molar-refractivity contribution in [2.75, 3.05) is 5.32 Å². The Balaban J connectivity index is 1.98. The molecule has 1 atom stereocenters. The number of thiazole rings is 1. The number of aryl methyl sites for hydroxylation is 3. The number of thioether (sulfide) groups is 1. The normalized spacial score (nSPS) is 12.2. The van der Waals surface area contributed by atoms with Crippen LogP contribution in [0.4, 0.5) is 5.13 Å². The van der Waals surface area contributed by atoms with Crippen LogP contribution in [-0.2, 0) is 4.79 Å². The molecule has 0 aliphatic rings. The van der Waals surface area contributed by atoms with E-state index in [1.165, 1.54) is 29.4 Å². The van der Waals surface area contributed by atoms with Crippen molar-refractivity contribution in [3.63, 3.8) is 0 Å². The highest BCUT2D eigenvalue weighted by molar-refractivity contribution is 8.00. The zero-order chi connectivity index (χ0) is 14.7. The average molecular weight is 308 g/mol. The van der Waals surface area contributed by atoms with Gasteiger partial charge in [0.2, 0.25) is 5.91 Å². The fourth-order valence-electron chi connectivity index (χ4n) is 1.46. The van der Waals surface area contributed by atoms with Crippen LogP contribution in [-0.4, -0.2) is 26.1 Å². The molecule has 0 spiro atoms. The van der Waals surface area contributed by atoms with Crippen molar-refractivity contribution in [2.45, 2.75) is 38.0 Å². The third kappa shape index (κ3) is 3.77. The Morgan fingerprint density at radius 2 is 2.10 bits per heavy atom. The molecule has 0 bridgehead atoms. The third-order valence-electron chi connectivity index (χ3n) is 2.70. The van der Waals surface area contributed by atoms with E-state index in [1.807, 2.05) is 33.8 Å². The van der Waals surface area contributed by atoms with Crippen LogP contribution < -0.4 is 5.32 Å². The summed E-state index contributed by atoms with van der Waals surface area (Å²) in [5.41, 5.74) is 1.85. The fourth-order valence-corrected chi connectivity index (χ4v) is 3.15. The van der Waals surface area contributed by atoms with E-state index in [-0.39, 0.29) is 11.2 Å². The van der Waals surface area contributed by atoms with Crippen molar-refractivity contribution in [1.29, 1.82) is 0 Å². The molecular formula is C13H16N4OS2. The average Bonchev–Trinajstić information content (AvgIpc) is 2.68. The molecule has 2 aromatic heterocycles. The number of amides is 1. The predicted octanol–water partition coefficient (Wildman–Crippen LogP) is 2.98. The summed E-state index contributed by atoms with van der Waals surface area (Å²) in [6, 6.07) is 1.87. The summed E-state index contributed by atoms with van der Waals surface area (Å²) in [7, 11) is 0. The molecule has 0 saturated heterocycles. The van der Waals surface area contributed by atoms with Gasteiger partial charge in [0.1, 0.15) is 11.4 Å². The van der Waals surface area contributed by atoms with Gasteiger partial charge in [-0.2, -0.15) is 0 Å². The summed E-state index contributed by atoms with van der Waals surface area (Å²) in [6.45, 7) is 7.68. The number of carbonyl (C=O) groups excluding carboxylic acids is 1. The van der Waals surface area contributed by atoms with Gasteiger partial charge < -0.3 is 5.32 Å². The van der Waals surface area contributed by atoms with Gasteiger partial charge in [0.15, 0.2) is 5.13 Å². The fraction of sp³-hybridized carbons (Fsp3) is 0.385. The minimum atomic E-state index is -0.242. The summed E-state index contributed by atoms with van der Waals surface area (Å²) in [4.78, 5) is 25.7. The first-order valence-electron chi connectivity index (χ1n) is 6.16. The molecule has 0 unspecified atom stereocenters.